The van der Waals surface area contributed by atoms with Gasteiger partial charge in [-0.2, -0.15) is 0 Å². The lowest BCUT2D eigenvalue weighted by Gasteiger charge is -2.15. The van der Waals surface area contributed by atoms with Crippen LogP contribution >= 0.6 is 24.0 Å². The summed E-state index contributed by atoms with van der Waals surface area (Å²) in [6.45, 7) is 2.10. The SMILES string of the molecule is Cc1cc(CCl)ccc1N(C)C.Cl. The zero-order valence-corrected chi connectivity index (χ0v) is 9.75. The van der Waals surface area contributed by atoms with Crippen LogP contribution in [0, 0.1) is 6.92 Å². The molecule has 0 bridgehead atoms. The topological polar surface area (TPSA) is 3.24 Å². The molecule has 3 heteroatoms. The van der Waals surface area contributed by atoms with E-state index in [0.29, 0.717) is 5.88 Å². The summed E-state index contributed by atoms with van der Waals surface area (Å²) in [5.74, 6) is 0.592. The van der Waals surface area contributed by atoms with Gasteiger partial charge in [0.15, 0.2) is 0 Å². The van der Waals surface area contributed by atoms with Crippen molar-refractivity contribution in [1.29, 1.82) is 0 Å². The minimum absolute atomic E-state index is 0. The molecule has 1 aromatic carbocycles. The summed E-state index contributed by atoms with van der Waals surface area (Å²) in [6.07, 6.45) is 0. The van der Waals surface area contributed by atoms with Gasteiger partial charge in [0, 0.05) is 25.7 Å². The quantitative estimate of drug-likeness (QED) is 0.691. The Kier molecular flexibility index (Phi) is 5.19. The van der Waals surface area contributed by atoms with Gasteiger partial charge in [-0.15, -0.1) is 24.0 Å². The summed E-state index contributed by atoms with van der Waals surface area (Å²) >= 11 is 5.72. The van der Waals surface area contributed by atoms with Crippen molar-refractivity contribution in [2.75, 3.05) is 19.0 Å². The molecule has 0 aliphatic carbocycles. The molecule has 1 nitrogen and oxygen atoms in total. The van der Waals surface area contributed by atoms with Crippen molar-refractivity contribution in [2.24, 2.45) is 0 Å². The lowest BCUT2D eigenvalue weighted by molar-refractivity contribution is 1.11. The van der Waals surface area contributed by atoms with Gasteiger partial charge in [-0.25, -0.2) is 0 Å². The number of benzene rings is 1. The summed E-state index contributed by atoms with van der Waals surface area (Å²) < 4.78 is 0. The fourth-order valence-electron chi connectivity index (χ4n) is 1.30. The number of nitrogens with zero attached hydrogens (tertiary/aromatic N) is 1. The Bertz CT molecular complexity index is 272. The zero-order chi connectivity index (χ0) is 9.14. The lowest BCUT2D eigenvalue weighted by atomic mass is 10.1. The van der Waals surface area contributed by atoms with Crippen LogP contribution in [0.2, 0.25) is 0 Å². The van der Waals surface area contributed by atoms with Crippen LogP contribution in [-0.2, 0) is 5.88 Å². The first-order valence-corrected chi connectivity index (χ1v) is 4.51. The largest absolute Gasteiger partial charge is 0.377 e. The van der Waals surface area contributed by atoms with Crippen LogP contribution in [-0.4, -0.2) is 14.1 Å². The van der Waals surface area contributed by atoms with E-state index in [1.165, 1.54) is 16.8 Å². The number of hydrogen-bond donors (Lipinski definition) is 0. The van der Waals surface area contributed by atoms with Crippen LogP contribution < -0.4 is 4.90 Å². The second-order valence-corrected chi connectivity index (χ2v) is 3.42. The predicted molar refractivity (Wildman–Crippen MR) is 62.3 cm³/mol. The number of halogens is 2. The van der Waals surface area contributed by atoms with Crippen LogP contribution in [0.15, 0.2) is 18.2 Å². The van der Waals surface area contributed by atoms with Crippen molar-refractivity contribution < 1.29 is 0 Å². The highest BCUT2D eigenvalue weighted by molar-refractivity contribution is 6.17. The van der Waals surface area contributed by atoms with Crippen LogP contribution in [0.3, 0.4) is 0 Å². The molecule has 0 heterocycles. The molecule has 0 spiro atoms. The van der Waals surface area contributed by atoms with Crippen molar-refractivity contribution in [2.45, 2.75) is 12.8 Å². The summed E-state index contributed by atoms with van der Waals surface area (Å²) in [7, 11) is 4.09. The molecule has 74 valence electrons. The van der Waals surface area contributed by atoms with Crippen LogP contribution in [0.25, 0.3) is 0 Å². The molecule has 0 atom stereocenters. The van der Waals surface area contributed by atoms with E-state index in [9.17, 15) is 0 Å². The van der Waals surface area contributed by atoms with Crippen LogP contribution in [0.1, 0.15) is 11.1 Å². The standard InChI is InChI=1S/C10H14ClN.ClH/c1-8-6-9(7-11)4-5-10(8)12(2)3;/h4-6H,7H2,1-3H3;1H. The van der Waals surface area contributed by atoms with Crippen molar-refractivity contribution in [3.63, 3.8) is 0 Å². The molecule has 0 fully saturated rings. The number of hydrogen-bond acceptors (Lipinski definition) is 1. The number of anilines is 1. The van der Waals surface area contributed by atoms with Crippen LogP contribution in [0.5, 0.6) is 0 Å². The average Bonchev–Trinajstić information content (AvgIpc) is 2.03. The van der Waals surface area contributed by atoms with E-state index in [1.807, 2.05) is 14.1 Å². The number of rotatable bonds is 2. The van der Waals surface area contributed by atoms with Crippen molar-refractivity contribution in [3.05, 3.63) is 29.3 Å². The maximum atomic E-state index is 5.72. The summed E-state index contributed by atoms with van der Waals surface area (Å²) in [5, 5.41) is 0. The Morgan fingerprint density at radius 3 is 2.31 bits per heavy atom. The zero-order valence-electron chi connectivity index (χ0n) is 8.17. The molecule has 0 saturated carbocycles. The Morgan fingerprint density at radius 1 is 1.31 bits per heavy atom. The van der Waals surface area contributed by atoms with E-state index >= 15 is 0 Å². The van der Waals surface area contributed by atoms with Crippen molar-refractivity contribution in [3.8, 4) is 0 Å². The maximum Gasteiger partial charge on any atom is 0.0474 e. The molecule has 0 amide bonds. The second-order valence-electron chi connectivity index (χ2n) is 3.15. The Morgan fingerprint density at radius 2 is 1.92 bits per heavy atom. The van der Waals surface area contributed by atoms with Gasteiger partial charge < -0.3 is 4.90 Å². The monoisotopic (exact) mass is 219 g/mol. The predicted octanol–water partition coefficient (Wildman–Crippen LogP) is 3.22. The Hall–Kier alpha value is -0.400. The third-order valence-corrected chi connectivity index (χ3v) is 2.21. The normalized spacial score (nSPS) is 9.23. The molecule has 0 unspecified atom stereocenters. The third-order valence-electron chi connectivity index (χ3n) is 1.90. The van der Waals surface area contributed by atoms with E-state index in [0.717, 1.165) is 0 Å². The molecular formula is C10H15Cl2N. The minimum Gasteiger partial charge on any atom is -0.377 e. The molecule has 13 heavy (non-hydrogen) atoms. The molecule has 0 aliphatic rings. The lowest BCUT2D eigenvalue weighted by Crippen LogP contribution is -2.10. The first kappa shape index (κ1) is 12.6. The molecule has 0 aromatic heterocycles. The highest BCUT2D eigenvalue weighted by atomic mass is 35.5. The molecule has 0 N–H and O–H groups in total. The fourth-order valence-corrected chi connectivity index (χ4v) is 1.47. The highest BCUT2D eigenvalue weighted by Gasteiger charge is 2.00. The fraction of sp³-hybridized carbons (Fsp3) is 0.400. The maximum absolute atomic E-state index is 5.72. The molecule has 0 aliphatic heterocycles. The van der Waals surface area contributed by atoms with E-state index in [4.69, 9.17) is 11.6 Å². The van der Waals surface area contributed by atoms with E-state index < -0.39 is 0 Å². The van der Waals surface area contributed by atoms with Gasteiger partial charge >= 0.3 is 0 Å². The van der Waals surface area contributed by atoms with E-state index in [-0.39, 0.29) is 12.4 Å². The third kappa shape index (κ3) is 3.09. The summed E-state index contributed by atoms with van der Waals surface area (Å²) in [6, 6.07) is 6.30. The molecule has 0 saturated heterocycles. The van der Waals surface area contributed by atoms with Gasteiger partial charge in [0.2, 0.25) is 0 Å². The van der Waals surface area contributed by atoms with Gasteiger partial charge in [-0.05, 0) is 24.1 Å². The number of alkyl halides is 1. The first-order valence-electron chi connectivity index (χ1n) is 3.98. The first-order chi connectivity index (χ1) is 5.65. The molecule has 1 rings (SSSR count). The van der Waals surface area contributed by atoms with Crippen molar-refractivity contribution in [1.82, 2.24) is 0 Å². The Labute approximate surface area is 91.1 Å². The smallest absolute Gasteiger partial charge is 0.0474 e. The average molecular weight is 220 g/mol. The van der Waals surface area contributed by atoms with Gasteiger partial charge in [-0.3, -0.25) is 0 Å². The Balaban J connectivity index is 0.00000144. The minimum atomic E-state index is 0. The van der Waals surface area contributed by atoms with Crippen molar-refractivity contribution >= 4 is 29.7 Å². The van der Waals surface area contributed by atoms with Gasteiger partial charge in [0.05, 0.1) is 0 Å². The van der Waals surface area contributed by atoms with E-state index in [1.54, 1.807) is 0 Å². The summed E-state index contributed by atoms with van der Waals surface area (Å²) in [4.78, 5) is 2.10. The second kappa shape index (κ2) is 5.36. The summed E-state index contributed by atoms with van der Waals surface area (Å²) in [5.41, 5.74) is 3.71. The number of aryl methyl sites for hydroxylation is 1. The van der Waals surface area contributed by atoms with Gasteiger partial charge in [0.1, 0.15) is 0 Å². The van der Waals surface area contributed by atoms with Gasteiger partial charge in [0.25, 0.3) is 0 Å². The molecular weight excluding hydrogens is 205 g/mol. The highest BCUT2D eigenvalue weighted by Crippen LogP contribution is 2.19. The molecule has 1 aromatic rings. The van der Waals surface area contributed by atoms with Crippen LogP contribution in [0.4, 0.5) is 5.69 Å². The van der Waals surface area contributed by atoms with E-state index in [2.05, 4.69) is 30.0 Å². The molecule has 0 radical (unpaired) electrons. The van der Waals surface area contributed by atoms with Gasteiger partial charge in [-0.1, -0.05) is 12.1 Å².